The lowest BCUT2D eigenvalue weighted by molar-refractivity contribution is -0.137. The predicted molar refractivity (Wildman–Crippen MR) is 68.6 cm³/mol. The monoisotopic (exact) mass is 318 g/mol. The summed E-state index contributed by atoms with van der Waals surface area (Å²) >= 11 is 5.75. The lowest BCUT2D eigenvalue weighted by Gasteiger charge is -2.10. The maximum Gasteiger partial charge on any atom is 0.416 e. The Kier molecular flexibility index (Phi) is 4.13. The number of hydrogen-bond acceptors (Lipinski definition) is 2. The van der Waals surface area contributed by atoms with E-state index in [-0.39, 0.29) is 10.8 Å². The van der Waals surface area contributed by atoms with Crippen LogP contribution in [0.1, 0.15) is 15.9 Å². The molecule has 0 atom stereocenters. The smallest absolute Gasteiger partial charge is 0.305 e. The van der Waals surface area contributed by atoms with Gasteiger partial charge in [-0.1, -0.05) is 11.6 Å². The molecule has 1 N–H and O–H groups in total. The van der Waals surface area contributed by atoms with E-state index < -0.39 is 29.0 Å². The van der Waals surface area contributed by atoms with Crippen molar-refractivity contribution in [2.45, 2.75) is 6.18 Å². The topological polar surface area (TPSA) is 42.0 Å². The second-order valence-corrected chi connectivity index (χ2v) is 4.39. The Labute approximate surface area is 121 Å². The number of rotatable bonds is 2. The fourth-order valence-corrected chi connectivity index (χ4v) is 1.70. The predicted octanol–water partition coefficient (Wildman–Crippen LogP) is 4.15. The van der Waals surface area contributed by atoms with Gasteiger partial charge in [0.15, 0.2) is 5.82 Å². The molecule has 0 bridgehead atoms. The van der Waals surface area contributed by atoms with E-state index in [9.17, 15) is 22.4 Å². The number of carbonyl (C=O) groups excluding carboxylic acids is 1. The average Bonchev–Trinajstić information content (AvgIpc) is 2.40. The Balaban J connectivity index is 2.33. The summed E-state index contributed by atoms with van der Waals surface area (Å²) in [5.74, 6) is -2.22. The van der Waals surface area contributed by atoms with Crippen molar-refractivity contribution in [3.63, 3.8) is 0 Å². The van der Waals surface area contributed by atoms with Gasteiger partial charge in [-0.2, -0.15) is 13.2 Å². The molecule has 1 aromatic heterocycles. The zero-order valence-electron chi connectivity index (χ0n) is 10.2. The summed E-state index contributed by atoms with van der Waals surface area (Å²) in [5, 5.41) is 2.24. The van der Waals surface area contributed by atoms with E-state index in [0.29, 0.717) is 18.2 Å². The van der Waals surface area contributed by atoms with Crippen molar-refractivity contribution in [2.24, 2.45) is 0 Å². The van der Waals surface area contributed by atoms with Gasteiger partial charge in [0.25, 0.3) is 5.91 Å². The number of nitrogens with zero attached hydrogens (tertiary/aromatic N) is 1. The fraction of sp³-hybridized carbons (Fsp3) is 0.0769. The molecule has 0 spiro atoms. The number of nitrogens with one attached hydrogen (secondary N) is 1. The molecule has 0 aliphatic carbocycles. The van der Waals surface area contributed by atoms with Crippen molar-refractivity contribution in [2.75, 3.05) is 5.32 Å². The van der Waals surface area contributed by atoms with E-state index in [2.05, 4.69) is 10.3 Å². The maximum absolute atomic E-state index is 13.5. The lowest BCUT2D eigenvalue weighted by Crippen LogP contribution is -2.16. The van der Waals surface area contributed by atoms with Crippen molar-refractivity contribution >= 4 is 23.3 Å². The molecular weight excluding hydrogens is 312 g/mol. The second kappa shape index (κ2) is 5.69. The van der Waals surface area contributed by atoms with Crippen LogP contribution in [-0.4, -0.2) is 10.9 Å². The maximum atomic E-state index is 13.5. The van der Waals surface area contributed by atoms with Crippen LogP contribution in [0.5, 0.6) is 0 Å². The first kappa shape index (κ1) is 15.2. The Morgan fingerprint density at radius 3 is 2.57 bits per heavy atom. The summed E-state index contributed by atoms with van der Waals surface area (Å²) in [5.41, 5.74) is -1.87. The third kappa shape index (κ3) is 3.49. The van der Waals surface area contributed by atoms with Crippen LogP contribution in [0.2, 0.25) is 5.02 Å². The highest BCUT2D eigenvalue weighted by Gasteiger charge is 2.32. The van der Waals surface area contributed by atoms with Crippen LogP contribution in [0.25, 0.3) is 0 Å². The van der Waals surface area contributed by atoms with E-state index >= 15 is 0 Å². The molecule has 3 nitrogen and oxygen atoms in total. The molecule has 0 unspecified atom stereocenters. The minimum Gasteiger partial charge on any atom is -0.305 e. The number of halogens is 5. The Morgan fingerprint density at radius 1 is 1.24 bits per heavy atom. The van der Waals surface area contributed by atoms with Gasteiger partial charge >= 0.3 is 6.18 Å². The summed E-state index contributed by atoms with van der Waals surface area (Å²) in [7, 11) is 0. The van der Waals surface area contributed by atoms with Gasteiger partial charge < -0.3 is 5.32 Å². The van der Waals surface area contributed by atoms with Gasteiger partial charge in [-0.25, -0.2) is 9.37 Å². The SMILES string of the molecule is O=C(Nc1ncccc1Cl)c1cc(C(F)(F)F)ccc1F. The van der Waals surface area contributed by atoms with Crippen LogP contribution in [0.3, 0.4) is 0 Å². The number of pyridine rings is 1. The molecule has 0 aliphatic heterocycles. The van der Waals surface area contributed by atoms with Crippen molar-refractivity contribution in [3.8, 4) is 0 Å². The van der Waals surface area contributed by atoms with Crippen LogP contribution in [0, 0.1) is 5.82 Å². The summed E-state index contributed by atoms with van der Waals surface area (Å²) in [4.78, 5) is 15.6. The van der Waals surface area contributed by atoms with Crippen molar-refractivity contribution < 1.29 is 22.4 Å². The summed E-state index contributed by atoms with van der Waals surface area (Å²) in [6, 6.07) is 4.49. The van der Waals surface area contributed by atoms with E-state index in [1.54, 1.807) is 0 Å². The number of carbonyl (C=O) groups is 1. The van der Waals surface area contributed by atoms with Gasteiger partial charge in [-0.3, -0.25) is 4.79 Å². The van der Waals surface area contributed by atoms with Crippen LogP contribution >= 0.6 is 11.6 Å². The molecule has 1 amide bonds. The number of anilines is 1. The molecule has 0 aliphatic rings. The van der Waals surface area contributed by atoms with Gasteiger partial charge in [0.1, 0.15) is 5.82 Å². The van der Waals surface area contributed by atoms with Gasteiger partial charge in [0.2, 0.25) is 0 Å². The highest BCUT2D eigenvalue weighted by molar-refractivity contribution is 6.33. The number of hydrogen-bond donors (Lipinski definition) is 1. The first-order chi connectivity index (χ1) is 9.79. The molecule has 2 rings (SSSR count). The molecule has 8 heteroatoms. The Morgan fingerprint density at radius 2 is 1.95 bits per heavy atom. The molecule has 1 aromatic carbocycles. The van der Waals surface area contributed by atoms with E-state index in [1.165, 1.54) is 18.3 Å². The van der Waals surface area contributed by atoms with Gasteiger partial charge in [-0.05, 0) is 30.3 Å². The highest BCUT2D eigenvalue weighted by atomic mass is 35.5. The largest absolute Gasteiger partial charge is 0.416 e. The van der Waals surface area contributed by atoms with E-state index in [4.69, 9.17) is 11.6 Å². The van der Waals surface area contributed by atoms with Crippen LogP contribution < -0.4 is 5.32 Å². The first-order valence-corrected chi connectivity index (χ1v) is 5.95. The van der Waals surface area contributed by atoms with Crippen molar-refractivity contribution in [1.82, 2.24) is 4.98 Å². The number of amides is 1. The van der Waals surface area contributed by atoms with Crippen LogP contribution in [-0.2, 0) is 6.18 Å². The average molecular weight is 319 g/mol. The van der Waals surface area contributed by atoms with Crippen molar-refractivity contribution in [1.29, 1.82) is 0 Å². The van der Waals surface area contributed by atoms with E-state index in [0.717, 1.165) is 0 Å². The minimum absolute atomic E-state index is 0.0685. The number of alkyl halides is 3. The zero-order chi connectivity index (χ0) is 15.6. The van der Waals surface area contributed by atoms with Gasteiger partial charge in [0, 0.05) is 6.20 Å². The molecule has 21 heavy (non-hydrogen) atoms. The van der Waals surface area contributed by atoms with Gasteiger partial charge in [-0.15, -0.1) is 0 Å². The Hall–Kier alpha value is -2.15. The third-order valence-electron chi connectivity index (χ3n) is 2.53. The van der Waals surface area contributed by atoms with Crippen molar-refractivity contribution in [3.05, 3.63) is 58.5 Å². The molecule has 1 heterocycles. The molecule has 0 fully saturated rings. The summed E-state index contributed by atoms with van der Waals surface area (Å²) in [6.07, 6.45) is -3.35. The molecule has 0 radical (unpaired) electrons. The van der Waals surface area contributed by atoms with Crippen LogP contribution in [0.15, 0.2) is 36.5 Å². The van der Waals surface area contributed by atoms with Gasteiger partial charge in [0.05, 0.1) is 16.1 Å². The number of aromatic nitrogens is 1. The number of benzene rings is 1. The highest BCUT2D eigenvalue weighted by Crippen LogP contribution is 2.30. The fourth-order valence-electron chi connectivity index (χ4n) is 1.53. The molecule has 2 aromatic rings. The third-order valence-corrected chi connectivity index (χ3v) is 2.83. The lowest BCUT2D eigenvalue weighted by atomic mass is 10.1. The molecule has 0 saturated carbocycles. The first-order valence-electron chi connectivity index (χ1n) is 5.57. The second-order valence-electron chi connectivity index (χ2n) is 3.98. The molecular formula is C13H7ClF4N2O. The van der Waals surface area contributed by atoms with Crippen LogP contribution in [0.4, 0.5) is 23.4 Å². The summed E-state index contributed by atoms with van der Waals surface area (Å²) in [6.45, 7) is 0. The standard InChI is InChI=1S/C13H7ClF4N2O/c14-9-2-1-5-19-11(9)20-12(21)8-6-7(13(16,17)18)3-4-10(8)15/h1-6H,(H,19,20,21). The quantitative estimate of drug-likeness (QED) is 0.845. The molecule has 110 valence electrons. The zero-order valence-corrected chi connectivity index (χ0v) is 11.0. The Bertz CT molecular complexity index is 688. The normalized spacial score (nSPS) is 11.3. The summed E-state index contributed by atoms with van der Waals surface area (Å²) < 4.78 is 51.2. The van der Waals surface area contributed by atoms with E-state index in [1.807, 2.05) is 0 Å². The molecule has 0 saturated heterocycles. The minimum atomic E-state index is -4.68.